The molecule has 1 saturated heterocycles. The molecule has 1 aliphatic heterocycles. The highest BCUT2D eigenvalue weighted by Crippen LogP contribution is 2.29. The van der Waals surface area contributed by atoms with E-state index in [4.69, 9.17) is 11.2 Å². The molecule has 2 heteroatoms. The maximum atomic E-state index is 5.81. The summed E-state index contributed by atoms with van der Waals surface area (Å²) in [5.41, 5.74) is 3.59. The summed E-state index contributed by atoms with van der Waals surface area (Å²) in [6.45, 7) is 4.64. The van der Waals surface area contributed by atoms with Crippen molar-refractivity contribution in [3.63, 3.8) is 0 Å². The number of methoxy groups -OCH3 is 1. The van der Waals surface area contributed by atoms with E-state index in [0.717, 1.165) is 35.9 Å². The van der Waals surface area contributed by atoms with Crippen LogP contribution in [-0.4, -0.2) is 20.2 Å². The Morgan fingerprint density at radius 2 is 1.54 bits per heavy atom. The van der Waals surface area contributed by atoms with Gasteiger partial charge in [-0.3, -0.25) is 0 Å². The number of terminal acetylenes is 1. The molecule has 124 valence electrons. The summed E-state index contributed by atoms with van der Waals surface area (Å²) in [7, 11) is 1.67. The average Bonchev–Trinajstić information content (AvgIpc) is 2.64. The lowest BCUT2D eigenvalue weighted by molar-refractivity contribution is 0.414. The van der Waals surface area contributed by atoms with Gasteiger partial charge in [-0.2, -0.15) is 0 Å². The Hall–Kier alpha value is -2.40. The maximum Gasteiger partial charge on any atom is 0.118 e. The van der Waals surface area contributed by atoms with E-state index in [2.05, 4.69) is 42.0 Å². The summed E-state index contributed by atoms with van der Waals surface area (Å²) in [6.07, 6.45) is 8.37. The number of rotatable bonds is 4. The minimum Gasteiger partial charge on any atom is -0.497 e. The molecular weight excluding hydrogens is 294 g/mol. The zero-order valence-corrected chi connectivity index (χ0v) is 14.5. The minimum absolute atomic E-state index is 0.0219. The molecule has 0 saturated carbocycles. The van der Waals surface area contributed by atoms with Crippen molar-refractivity contribution in [3.8, 4) is 18.1 Å². The van der Waals surface area contributed by atoms with Crippen molar-refractivity contribution in [2.24, 2.45) is 5.92 Å². The first-order valence-corrected chi connectivity index (χ1v) is 8.66. The molecule has 24 heavy (non-hydrogen) atoms. The van der Waals surface area contributed by atoms with Gasteiger partial charge >= 0.3 is 0 Å². The van der Waals surface area contributed by atoms with E-state index in [1.165, 1.54) is 18.5 Å². The zero-order chi connectivity index (χ0) is 16.9. The second kappa shape index (κ2) is 7.45. The molecule has 0 radical (unpaired) electrons. The lowest BCUT2D eigenvalue weighted by Gasteiger charge is -2.32. The summed E-state index contributed by atoms with van der Waals surface area (Å²) in [5, 5.41) is 0. The third kappa shape index (κ3) is 3.57. The topological polar surface area (TPSA) is 12.5 Å². The molecular formula is C22H25NO. The van der Waals surface area contributed by atoms with Crippen molar-refractivity contribution < 1.29 is 4.74 Å². The van der Waals surface area contributed by atoms with Crippen LogP contribution in [0.25, 0.3) is 0 Å². The van der Waals surface area contributed by atoms with Crippen LogP contribution < -0.4 is 9.64 Å². The SMILES string of the molecule is C#CC(c1ccc(OC)cc1)c1ccc(N2CCC(C)CC2)cc1. The van der Waals surface area contributed by atoms with Crippen molar-refractivity contribution in [1.29, 1.82) is 0 Å². The molecule has 0 amide bonds. The van der Waals surface area contributed by atoms with E-state index in [0.29, 0.717) is 0 Å². The van der Waals surface area contributed by atoms with Crippen molar-refractivity contribution in [3.05, 3.63) is 59.7 Å². The summed E-state index contributed by atoms with van der Waals surface area (Å²) in [6, 6.07) is 16.8. The van der Waals surface area contributed by atoms with E-state index in [-0.39, 0.29) is 5.92 Å². The van der Waals surface area contributed by atoms with E-state index < -0.39 is 0 Å². The fourth-order valence-electron chi connectivity index (χ4n) is 3.33. The highest BCUT2D eigenvalue weighted by atomic mass is 16.5. The maximum absolute atomic E-state index is 5.81. The van der Waals surface area contributed by atoms with Gasteiger partial charge in [0.25, 0.3) is 0 Å². The number of anilines is 1. The lowest BCUT2D eigenvalue weighted by Crippen LogP contribution is -2.32. The van der Waals surface area contributed by atoms with Crippen molar-refractivity contribution in [1.82, 2.24) is 0 Å². The summed E-state index contributed by atoms with van der Waals surface area (Å²) >= 11 is 0. The minimum atomic E-state index is -0.0219. The molecule has 3 rings (SSSR count). The van der Waals surface area contributed by atoms with Gasteiger partial charge in [0, 0.05) is 18.8 Å². The smallest absolute Gasteiger partial charge is 0.118 e. The standard InChI is InChI=1S/C22H25NO/c1-4-22(19-7-11-21(24-3)12-8-19)18-5-9-20(10-6-18)23-15-13-17(2)14-16-23/h1,5-12,17,22H,13-16H2,2-3H3. The fourth-order valence-corrected chi connectivity index (χ4v) is 3.33. The molecule has 1 aliphatic rings. The van der Waals surface area contributed by atoms with Crippen LogP contribution in [0.15, 0.2) is 48.5 Å². The van der Waals surface area contributed by atoms with Gasteiger partial charge in [-0.05, 0) is 54.2 Å². The van der Waals surface area contributed by atoms with E-state index >= 15 is 0 Å². The number of benzene rings is 2. The first-order chi connectivity index (χ1) is 11.7. The van der Waals surface area contributed by atoms with Gasteiger partial charge in [0.2, 0.25) is 0 Å². The molecule has 1 fully saturated rings. The first-order valence-electron chi connectivity index (χ1n) is 8.66. The van der Waals surface area contributed by atoms with E-state index in [1.807, 2.05) is 24.3 Å². The quantitative estimate of drug-likeness (QED) is 0.758. The first kappa shape index (κ1) is 16.5. The highest BCUT2D eigenvalue weighted by Gasteiger charge is 2.17. The Balaban J connectivity index is 1.76. The van der Waals surface area contributed by atoms with Crippen LogP contribution in [0.2, 0.25) is 0 Å². The molecule has 2 aromatic carbocycles. The number of hydrogen-bond donors (Lipinski definition) is 0. The molecule has 0 bridgehead atoms. The van der Waals surface area contributed by atoms with E-state index in [9.17, 15) is 0 Å². The Kier molecular flexibility index (Phi) is 5.11. The Labute approximate surface area is 145 Å². The lowest BCUT2D eigenvalue weighted by atomic mass is 9.91. The fraction of sp³-hybridized carbons (Fsp3) is 0.364. The molecule has 0 aromatic heterocycles. The van der Waals surface area contributed by atoms with Crippen LogP contribution in [-0.2, 0) is 0 Å². The predicted octanol–water partition coefficient (Wildman–Crippen LogP) is 4.70. The number of hydrogen-bond acceptors (Lipinski definition) is 2. The largest absolute Gasteiger partial charge is 0.497 e. The Morgan fingerprint density at radius 3 is 2.04 bits per heavy atom. The van der Waals surface area contributed by atoms with Gasteiger partial charge in [0.05, 0.1) is 13.0 Å². The third-order valence-electron chi connectivity index (χ3n) is 4.99. The van der Waals surface area contributed by atoms with Gasteiger partial charge in [-0.25, -0.2) is 0 Å². The van der Waals surface area contributed by atoms with Gasteiger partial charge in [-0.1, -0.05) is 37.1 Å². The second-order valence-corrected chi connectivity index (χ2v) is 6.63. The van der Waals surface area contributed by atoms with Crippen LogP contribution in [0, 0.1) is 18.3 Å². The van der Waals surface area contributed by atoms with Crippen LogP contribution >= 0.6 is 0 Å². The summed E-state index contributed by atoms with van der Waals surface area (Å²) in [5.74, 6) is 4.60. The molecule has 1 heterocycles. The molecule has 2 nitrogen and oxygen atoms in total. The van der Waals surface area contributed by atoms with Crippen LogP contribution in [0.5, 0.6) is 5.75 Å². The third-order valence-corrected chi connectivity index (χ3v) is 4.99. The molecule has 2 aromatic rings. The second-order valence-electron chi connectivity index (χ2n) is 6.63. The molecule has 1 atom stereocenters. The molecule has 1 unspecified atom stereocenters. The Bertz CT molecular complexity index is 688. The number of nitrogens with zero attached hydrogens (tertiary/aromatic N) is 1. The number of piperidine rings is 1. The zero-order valence-electron chi connectivity index (χ0n) is 14.5. The Morgan fingerprint density at radius 1 is 1.00 bits per heavy atom. The normalized spacial score (nSPS) is 16.5. The predicted molar refractivity (Wildman–Crippen MR) is 101 cm³/mol. The summed E-state index contributed by atoms with van der Waals surface area (Å²) < 4.78 is 5.22. The molecule has 0 aliphatic carbocycles. The van der Waals surface area contributed by atoms with Crippen molar-refractivity contribution in [2.45, 2.75) is 25.7 Å². The van der Waals surface area contributed by atoms with Gasteiger partial charge in [0.15, 0.2) is 0 Å². The summed E-state index contributed by atoms with van der Waals surface area (Å²) in [4.78, 5) is 2.47. The van der Waals surface area contributed by atoms with Gasteiger partial charge in [0.1, 0.15) is 5.75 Å². The van der Waals surface area contributed by atoms with Crippen LogP contribution in [0.3, 0.4) is 0 Å². The molecule has 0 N–H and O–H groups in total. The van der Waals surface area contributed by atoms with Crippen LogP contribution in [0.4, 0.5) is 5.69 Å². The highest BCUT2D eigenvalue weighted by molar-refractivity contribution is 5.51. The van der Waals surface area contributed by atoms with Crippen molar-refractivity contribution in [2.75, 3.05) is 25.1 Å². The van der Waals surface area contributed by atoms with Crippen LogP contribution in [0.1, 0.15) is 36.8 Å². The van der Waals surface area contributed by atoms with Gasteiger partial charge in [-0.15, -0.1) is 6.42 Å². The monoisotopic (exact) mass is 319 g/mol. The number of ether oxygens (including phenoxy) is 1. The van der Waals surface area contributed by atoms with Gasteiger partial charge < -0.3 is 9.64 Å². The average molecular weight is 319 g/mol. The molecule has 0 spiro atoms. The van der Waals surface area contributed by atoms with Crippen molar-refractivity contribution >= 4 is 5.69 Å². The van der Waals surface area contributed by atoms with E-state index in [1.54, 1.807) is 7.11 Å².